The van der Waals surface area contributed by atoms with Crippen molar-refractivity contribution in [3.63, 3.8) is 0 Å². The van der Waals surface area contributed by atoms with Crippen molar-refractivity contribution in [2.75, 3.05) is 0 Å². The molecule has 0 aliphatic heterocycles. The number of hydrogen-bond donors (Lipinski definition) is 0. The molecule has 0 fully saturated rings. The summed E-state index contributed by atoms with van der Waals surface area (Å²) in [6.45, 7) is 2.09. The van der Waals surface area contributed by atoms with Gasteiger partial charge in [-0.3, -0.25) is 0 Å². The van der Waals surface area contributed by atoms with E-state index in [9.17, 15) is 0 Å². The van der Waals surface area contributed by atoms with E-state index in [0.29, 0.717) is 0 Å². The predicted octanol–water partition coefficient (Wildman–Crippen LogP) is 1.44. The van der Waals surface area contributed by atoms with Gasteiger partial charge in [0.2, 0.25) is 0 Å². The van der Waals surface area contributed by atoms with E-state index >= 15 is 0 Å². The van der Waals surface area contributed by atoms with Gasteiger partial charge in [-0.2, -0.15) is 0 Å². The van der Waals surface area contributed by atoms with Crippen LogP contribution in [0.5, 0.6) is 0 Å². The van der Waals surface area contributed by atoms with E-state index in [4.69, 9.17) is 0 Å². The third kappa shape index (κ3) is 1.80. The summed E-state index contributed by atoms with van der Waals surface area (Å²) in [6.07, 6.45) is 6.38. The van der Waals surface area contributed by atoms with Crippen molar-refractivity contribution in [1.29, 1.82) is 0 Å². The van der Waals surface area contributed by atoms with Crippen LogP contribution in [0.4, 0.5) is 0 Å². The third-order valence-electron chi connectivity index (χ3n) is 1.02. The molecule has 1 aromatic heterocycles. The molecule has 0 saturated carbocycles. The Hall–Kier alpha value is -0.920. The van der Waals surface area contributed by atoms with Crippen molar-refractivity contribution in [1.82, 2.24) is 9.97 Å². The Labute approximate surface area is 55.0 Å². The lowest BCUT2D eigenvalue weighted by Crippen LogP contribution is -1.84. The second-order valence-electron chi connectivity index (χ2n) is 1.75. The summed E-state index contributed by atoms with van der Waals surface area (Å²) in [4.78, 5) is 7.80. The van der Waals surface area contributed by atoms with Crippen molar-refractivity contribution in [3.05, 3.63) is 30.7 Å². The van der Waals surface area contributed by atoms with Crippen molar-refractivity contribution in [2.24, 2.45) is 0 Å². The first kappa shape index (κ1) is 6.20. The highest BCUT2D eigenvalue weighted by Gasteiger charge is 1.87. The van der Waals surface area contributed by atoms with Gasteiger partial charge >= 0.3 is 0 Å². The van der Waals surface area contributed by atoms with Gasteiger partial charge in [-0.25, -0.2) is 9.97 Å². The molecule has 0 N–H and O–H groups in total. The molecule has 1 aromatic rings. The SMILES string of the molecule is CC[CH]c1ccncn1. The maximum absolute atomic E-state index is 4.00. The fraction of sp³-hybridized carbons (Fsp3) is 0.286. The molecule has 0 amide bonds. The molecular formula is C7H9N2. The van der Waals surface area contributed by atoms with E-state index in [1.54, 1.807) is 12.5 Å². The summed E-state index contributed by atoms with van der Waals surface area (Å²) < 4.78 is 0. The molecule has 1 rings (SSSR count). The first-order valence-electron chi connectivity index (χ1n) is 3.02. The smallest absolute Gasteiger partial charge is 0.115 e. The zero-order valence-corrected chi connectivity index (χ0v) is 5.41. The molecular weight excluding hydrogens is 112 g/mol. The summed E-state index contributed by atoms with van der Waals surface area (Å²) in [5.74, 6) is 0. The molecule has 0 aliphatic rings. The first-order chi connectivity index (χ1) is 4.43. The monoisotopic (exact) mass is 121 g/mol. The Morgan fingerprint density at radius 3 is 3.11 bits per heavy atom. The van der Waals surface area contributed by atoms with E-state index in [0.717, 1.165) is 12.1 Å². The molecule has 1 heterocycles. The number of aromatic nitrogens is 2. The van der Waals surface area contributed by atoms with Gasteiger partial charge in [0.1, 0.15) is 6.33 Å². The van der Waals surface area contributed by atoms with Crippen LogP contribution in [0.1, 0.15) is 19.0 Å². The molecule has 47 valence electrons. The van der Waals surface area contributed by atoms with E-state index < -0.39 is 0 Å². The second kappa shape index (κ2) is 3.17. The fourth-order valence-electron chi connectivity index (χ4n) is 0.631. The zero-order valence-electron chi connectivity index (χ0n) is 5.41. The Morgan fingerprint density at radius 1 is 1.67 bits per heavy atom. The molecule has 0 bridgehead atoms. The standard InChI is InChI=1S/C7H9N2/c1-2-3-7-4-5-8-6-9-7/h3-6H,2H2,1H3. The summed E-state index contributed by atoms with van der Waals surface area (Å²) in [5, 5.41) is 0. The number of hydrogen-bond acceptors (Lipinski definition) is 2. The van der Waals surface area contributed by atoms with Crippen LogP contribution in [0.2, 0.25) is 0 Å². The van der Waals surface area contributed by atoms with E-state index in [2.05, 4.69) is 23.3 Å². The number of rotatable bonds is 2. The van der Waals surface area contributed by atoms with E-state index in [1.165, 1.54) is 0 Å². The van der Waals surface area contributed by atoms with Gasteiger partial charge in [-0.1, -0.05) is 6.92 Å². The Balaban J connectivity index is 2.61. The minimum Gasteiger partial charge on any atom is -0.245 e. The summed E-state index contributed by atoms with van der Waals surface area (Å²) >= 11 is 0. The first-order valence-corrected chi connectivity index (χ1v) is 3.02. The maximum Gasteiger partial charge on any atom is 0.115 e. The minimum absolute atomic E-state index is 1.01. The largest absolute Gasteiger partial charge is 0.245 e. The highest BCUT2D eigenvalue weighted by Crippen LogP contribution is 1.97. The number of nitrogens with zero attached hydrogens (tertiary/aromatic N) is 2. The van der Waals surface area contributed by atoms with Gasteiger partial charge in [-0.05, 0) is 12.5 Å². The summed E-state index contributed by atoms with van der Waals surface area (Å²) in [6, 6.07) is 1.89. The summed E-state index contributed by atoms with van der Waals surface area (Å²) in [7, 11) is 0. The van der Waals surface area contributed by atoms with Gasteiger partial charge in [0.25, 0.3) is 0 Å². The molecule has 0 atom stereocenters. The quantitative estimate of drug-likeness (QED) is 0.591. The van der Waals surface area contributed by atoms with Crippen LogP contribution in [0.3, 0.4) is 0 Å². The van der Waals surface area contributed by atoms with Crippen molar-refractivity contribution >= 4 is 0 Å². The van der Waals surface area contributed by atoms with E-state index in [1.807, 2.05) is 6.07 Å². The Bertz CT molecular complexity index is 160. The molecule has 0 saturated heterocycles. The van der Waals surface area contributed by atoms with Crippen LogP contribution < -0.4 is 0 Å². The van der Waals surface area contributed by atoms with Gasteiger partial charge in [0.15, 0.2) is 0 Å². The van der Waals surface area contributed by atoms with Crippen molar-refractivity contribution in [3.8, 4) is 0 Å². The molecule has 9 heavy (non-hydrogen) atoms. The van der Waals surface area contributed by atoms with Gasteiger partial charge in [0, 0.05) is 18.3 Å². The van der Waals surface area contributed by atoms with Gasteiger partial charge < -0.3 is 0 Å². The average Bonchev–Trinajstić information content (AvgIpc) is 1.91. The lowest BCUT2D eigenvalue weighted by atomic mass is 10.2. The van der Waals surface area contributed by atoms with Crippen LogP contribution in [0.25, 0.3) is 0 Å². The van der Waals surface area contributed by atoms with Crippen LogP contribution in [0.15, 0.2) is 18.6 Å². The van der Waals surface area contributed by atoms with Crippen LogP contribution in [0, 0.1) is 6.42 Å². The Kier molecular flexibility index (Phi) is 2.19. The van der Waals surface area contributed by atoms with Crippen LogP contribution >= 0.6 is 0 Å². The molecule has 1 radical (unpaired) electrons. The lowest BCUT2D eigenvalue weighted by Gasteiger charge is -1.91. The topological polar surface area (TPSA) is 25.8 Å². The van der Waals surface area contributed by atoms with E-state index in [-0.39, 0.29) is 0 Å². The molecule has 2 heteroatoms. The minimum atomic E-state index is 1.01. The average molecular weight is 121 g/mol. The molecule has 0 unspecified atom stereocenters. The molecule has 0 spiro atoms. The summed E-state index contributed by atoms with van der Waals surface area (Å²) in [5.41, 5.74) is 1.01. The second-order valence-corrected chi connectivity index (χ2v) is 1.75. The lowest BCUT2D eigenvalue weighted by molar-refractivity contribution is 1.04. The van der Waals surface area contributed by atoms with Crippen LogP contribution in [-0.2, 0) is 0 Å². The molecule has 2 nitrogen and oxygen atoms in total. The predicted molar refractivity (Wildman–Crippen MR) is 35.7 cm³/mol. The molecule has 0 aliphatic carbocycles. The third-order valence-corrected chi connectivity index (χ3v) is 1.02. The highest BCUT2D eigenvalue weighted by molar-refractivity contribution is 5.08. The normalized spacial score (nSPS) is 9.44. The van der Waals surface area contributed by atoms with Crippen LogP contribution in [-0.4, -0.2) is 9.97 Å². The van der Waals surface area contributed by atoms with Gasteiger partial charge in [0.05, 0.1) is 0 Å². The highest BCUT2D eigenvalue weighted by atomic mass is 14.8. The van der Waals surface area contributed by atoms with Crippen molar-refractivity contribution in [2.45, 2.75) is 13.3 Å². The zero-order chi connectivity index (χ0) is 6.53. The van der Waals surface area contributed by atoms with Gasteiger partial charge in [-0.15, -0.1) is 0 Å². The van der Waals surface area contributed by atoms with Crippen molar-refractivity contribution < 1.29 is 0 Å². The molecule has 0 aromatic carbocycles. The Morgan fingerprint density at radius 2 is 2.56 bits per heavy atom. The maximum atomic E-state index is 4.00. The fourth-order valence-corrected chi connectivity index (χ4v) is 0.631.